The molecule has 1 atom stereocenters. The summed E-state index contributed by atoms with van der Waals surface area (Å²) < 4.78 is -1.23. The quantitative estimate of drug-likeness (QED) is 0.198. The number of Topliss-reactive ketones (excluding diaryl/α,β-unsaturated/α-hetero) is 1. The third kappa shape index (κ3) is 3.98. The smallest absolute Gasteiger partial charge is 0.219 e. The van der Waals surface area contributed by atoms with Gasteiger partial charge in [-0.15, -0.1) is 0 Å². The topological polar surface area (TPSA) is 32.7 Å². The first-order valence-corrected chi connectivity index (χ1v) is 15.3. The highest BCUT2D eigenvalue weighted by atomic mass is 32.2. The minimum absolute atomic E-state index is 0.0595. The molecule has 0 saturated heterocycles. The Hall–Kier alpha value is -4.06. The molecule has 2 aliphatic heterocycles. The molecule has 200 valence electrons. The minimum atomic E-state index is -0.706. The number of hydrogen-bond donors (Lipinski definition) is 0. The fraction of sp³-hybridized carbons (Fsp3) is 0.111. The number of aryl methyl sites for hydroxylation is 2. The predicted octanol–water partition coefficient (Wildman–Crippen LogP) is 8.90. The van der Waals surface area contributed by atoms with Gasteiger partial charge in [-0.25, -0.2) is 5.01 Å². The highest BCUT2D eigenvalue weighted by molar-refractivity contribution is 8.27. The molecule has 1 spiro atoms. The van der Waals surface area contributed by atoms with Crippen LogP contribution in [0.5, 0.6) is 0 Å². The van der Waals surface area contributed by atoms with Crippen LogP contribution in [-0.4, -0.2) is 10.8 Å². The van der Waals surface area contributed by atoms with Crippen molar-refractivity contribution < 1.29 is 4.79 Å². The summed E-state index contributed by atoms with van der Waals surface area (Å²) in [6, 6.07) is 45.8. The van der Waals surface area contributed by atoms with Gasteiger partial charge in [0.05, 0.1) is 10.4 Å². The molecule has 5 aromatic rings. The summed E-state index contributed by atoms with van der Waals surface area (Å²) in [5.41, 5.74) is 8.93. The van der Waals surface area contributed by atoms with Crippen LogP contribution in [0.4, 0.5) is 5.69 Å². The maximum Gasteiger partial charge on any atom is 0.219 e. The van der Waals surface area contributed by atoms with Crippen molar-refractivity contribution in [1.29, 1.82) is 0 Å². The number of carbonyl (C=O) groups excluding carboxylic acids is 1. The molecule has 0 aliphatic carbocycles. The Labute approximate surface area is 249 Å². The molecule has 5 heteroatoms. The average Bonchev–Trinajstić information content (AvgIpc) is 3.55. The second-order valence-corrected chi connectivity index (χ2v) is 13.2. The van der Waals surface area contributed by atoms with Gasteiger partial charge in [0.25, 0.3) is 0 Å². The van der Waals surface area contributed by atoms with E-state index in [0.717, 1.165) is 11.3 Å². The van der Waals surface area contributed by atoms with Crippen molar-refractivity contribution in [2.24, 2.45) is 5.10 Å². The number of benzene rings is 5. The van der Waals surface area contributed by atoms with E-state index in [9.17, 15) is 4.79 Å². The SMILES string of the molecule is Cc1ccccc1C1(c2ccccc2C)S[C@]2(SC(C(=O)c3ccccc3)=NN2c2ccccc2)c2ccccc21. The number of carbonyl (C=O) groups is 1. The first kappa shape index (κ1) is 25.9. The summed E-state index contributed by atoms with van der Waals surface area (Å²) >= 11 is 3.43. The summed E-state index contributed by atoms with van der Waals surface area (Å²) in [4.78, 5) is 13.9. The normalized spacial score (nSPS) is 18.8. The Morgan fingerprint density at radius 3 is 1.68 bits per heavy atom. The Bertz CT molecular complexity index is 1760. The lowest BCUT2D eigenvalue weighted by Crippen LogP contribution is -2.34. The molecule has 2 heterocycles. The third-order valence-electron chi connectivity index (χ3n) is 7.92. The van der Waals surface area contributed by atoms with E-state index in [4.69, 9.17) is 5.10 Å². The molecule has 0 fully saturated rings. The zero-order valence-corrected chi connectivity index (χ0v) is 24.5. The van der Waals surface area contributed by atoms with E-state index in [-0.39, 0.29) is 5.78 Å². The molecule has 0 radical (unpaired) electrons. The van der Waals surface area contributed by atoms with E-state index in [0.29, 0.717) is 10.6 Å². The van der Waals surface area contributed by atoms with Crippen LogP contribution in [-0.2, 0) is 8.95 Å². The molecular formula is C36H28N2OS2. The summed E-state index contributed by atoms with van der Waals surface area (Å²) in [7, 11) is 0. The first-order valence-electron chi connectivity index (χ1n) is 13.7. The average molecular weight is 569 g/mol. The summed E-state index contributed by atoms with van der Waals surface area (Å²) in [5, 5.41) is 7.68. The summed E-state index contributed by atoms with van der Waals surface area (Å²) in [6.45, 7) is 4.39. The van der Waals surface area contributed by atoms with Gasteiger partial charge in [0.2, 0.25) is 5.78 Å². The van der Waals surface area contributed by atoms with Crippen molar-refractivity contribution in [2.45, 2.75) is 22.8 Å². The largest absolute Gasteiger partial charge is 0.286 e. The van der Waals surface area contributed by atoms with Gasteiger partial charge >= 0.3 is 0 Å². The molecule has 5 aromatic carbocycles. The van der Waals surface area contributed by atoms with Gasteiger partial charge in [0.1, 0.15) is 0 Å². The second-order valence-electron chi connectivity index (χ2n) is 10.4. The number of anilines is 1. The monoisotopic (exact) mass is 568 g/mol. The highest BCUT2D eigenvalue weighted by Gasteiger charge is 2.62. The lowest BCUT2D eigenvalue weighted by molar-refractivity contribution is 0.106. The molecule has 7 rings (SSSR count). The molecule has 0 unspecified atom stereocenters. The standard InChI is InChI=1S/C36H28N2OS2/c1-25-15-9-11-21-29(25)35(30-22-12-10-16-26(30)2)31-23-13-14-24-32(31)36(41-35)38(28-19-7-4-8-20-28)37-34(40-36)33(39)27-17-5-3-6-18-27/h3-24H,1-2H3/t36-/m1/s1. The zero-order chi connectivity index (χ0) is 28.0. The number of fused-ring (bicyclic) bond motifs is 2. The van der Waals surface area contributed by atoms with E-state index < -0.39 is 8.95 Å². The lowest BCUT2D eigenvalue weighted by atomic mass is 9.79. The Morgan fingerprint density at radius 1 is 0.610 bits per heavy atom. The molecule has 0 N–H and O–H groups in total. The van der Waals surface area contributed by atoms with Gasteiger partial charge in [0.15, 0.2) is 9.25 Å². The van der Waals surface area contributed by atoms with Crippen LogP contribution in [0.25, 0.3) is 0 Å². The van der Waals surface area contributed by atoms with Gasteiger partial charge < -0.3 is 0 Å². The maximum atomic E-state index is 13.9. The number of thioether (sulfide) groups is 2. The molecule has 0 amide bonds. The summed E-state index contributed by atoms with van der Waals surface area (Å²) in [6.07, 6.45) is 0. The van der Waals surface area contributed by atoms with E-state index in [1.54, 1.807) is 11.8 Å². The van der Waals surface area contributed by atoms with Crippen molar-refractivity contribution in [1.82, 2.24) is 0 Å². The van der Waals surface area contributed by atoms with Crippen molar-refractivity contribution in [2.75, 3.05) is 5.01 Å². The minimum Gasteiger partial charge on any atom is -0.286 e. The van der Waals surface area contributed by atoms with Crippen molar-refractivity contribution in [3.8, 4) is 0 Å². The molecule has 0 aromatic heterocycles. The maximum absolute atomic E-state index is 13.9. The molecule has 3 nitrogen and oxygen atoms in total. The van der Waals surface area contributed by atoms with Crippen LogP contribution in [0.2, 0.25) is 0 Å². The van der Waals surface area contributed by atoms with E-state index in [1.807, 2.05) is 60.3 Å². The van der Waals surface area contributed by atoms with Crippen LogP contribution in [0.3, 0.4) is 0 Å². The van der Waals surface area contributed by atoms with Gasteiger partial charge in [-0.2, -0.15) is 5.10 Å². The lowest BCUT2D eigenvalue weighted by Gasteiger charge is -2.38. The molecule has 41 heavy (non-hydrogen) atoms. The fourth-order valence-corrected chi connectivity index (χ4v) is 9.85. The van der Waals surface area contributed by atoms with Crippen LogP contribution in [0.15, 0.2) is 139 Å². The number of nitrogens with zero attached hydrogens (tertiary/aromatic N) is 2. The van der Waals surface area contributed by atoms with E-state index in [2.05, 4.69) is 104 Å². The zero-order valence-electron chi connectivity index (χ0n) is 22.8. The Morgan fingerprint density at radius 2 is 1.10 bits per heavy atom. The summed E-state index contributed by atoms with van der Waals surface area (Å²) in [5.74, 6) is -0.0595. The second kappa shape index (κ2) is 10.1. The number of ketones is 1. The van der Waals surface area contributed by atoms with Gasteiger partial charge in [-0.1, -0.05) is 145 Å². The third-order valence-corrected chi connectivity index (χ3v) is 11.2. The van der Waals surface area contributed by atoms with Crippen LogP contribution >= 0.6 is 23.5 Å². The molecule has 0 bridgehead atoms. The first-order chi connectivity index (χ1) is 20.0. The van der Waals surface area contributed by atoms with E-state index >= 15 is 0 Å². The molecule has 2 aliphatic rings. The van der Waals surface area contributed by atoms with Crippen LogP contribution < -0.4 is 5.01 Å². The van der Waals surface area contributed by atoms with Crippen molar-refractivity contribution >= 4 is 40.0 Å². The van der Waals surface area contributed by atoms with Crippen molar-refractivity contribution in [3.05, 3.63) is 172 Å². The molecular weight excluding hydrogens is 541 g/mol. The van der Waals surface area contributed by atoms with Gasteiger partial charge in [-0.05, 0) is 53.8 Å². The van der Waals surface area contributed by atoms with Crippen molar-refractivity contribution in [3.63, 3.8) is 0 Å². The van der Waals surface area contributed by atoms with Crippen LogP contribution in [0, 0.1) is 13.8 Å². The van der Waals surface area contributed by atoms with Crippen LogP contribution in [0.1, 0.15) is 43.7 Å². The fourth-order valence-electron chi connectivity index (χ4n) is 6.05. The number of hydrogen-bond acceptors (Lipinski definition) is 5. The van der Waals surface area contributed by atoms with E-state index in [1.165, 1.54) is 27.8 Å². The number of rotatable bonds is 5. The predicted molar refractivity (Wildman–Crippen MR) is 173 cm³/mol. The Balaban J connectivity index is 1.50. The number of hydrazone groups is 1. The van der Waals surface area contributed by atoms with Gasteiger partial charge in [-0.3, -0.25) is 4.79 Å². The van der Waals surface area contributed by atoms with Gasteiger partial charge in [0, 0.05) is 11.1 Å². The number of para-hydroxylation sites is 1. The molecule has 0 saturated carbocycles. The Kier molecular flexibility index (Phi) is 6.37. The highest BCUT2D eigenvalue weighted by Crippen LogP contribution is 2.71.